The number of aromatic hydroxyl groups is 1. The number of carbonyl (C=O) groups excluding carboxylic acids is 1. The van der Waals surface area contributed by atoms with Crippen LogP contribution in [0.2, 0.25) is 0 Å². The highest BCUT2D eigenvalue weighted by atomic mass is 16.5. The summed E-state index contributed by atoms with van der Waals surface area (Å²) in [5.41, 5.74) is 0.970. The molecule has 0 saturated heterocycles. The van der Waals surface area contributed by atoms with Crippen LogP contribution in [0, 0.1) is 9.81 Å². The van der Waals surface area contributed by atoms with Gasteiger partial charge in [0.25, 0.3) is 0 Å². The van der Waals surface area contributed by atoms with Crippen molar-refractivity contribution in [1.82, 2.24) is 0 Å². The standard InChI is InChI=1S/C15H10N2O5/c18-13-10-5-6-12(17-21)14(19)15(10)22-7-11(13)8-1-3-9(16-20)4-2-8/h1-6,11,19H,7H2/t11-/m0/s1. The summed E-state index contributed by atoms with van der Waals surface area (Å²) >= 11 is 0. The Morgan fingerprint density at radius 2 is 1.77 bits per heavy atom. The van der Waals surface area contributed by atoms with E-state index in [1.54, 1.807) is 12.1 Å². The van der Waals surface area contributed by atoms with Gasteiger partial charge in [0.15, 0.2) is 23.0 Å². The molecule has 1 atom stereocenters. The molecule has 0 aromatic heterocycles. The van der Waals surface area contributed by atoms with Gasteiger partial charge >= 0.3 is 0 Å². The highest BCUT2D eigenvalue weighted by molar-refractivity contribution is 6.05. The van der Waals surface area contributed by atoms with Gasteiger partial charge in [-0.3, -0.25) is 4.79 Å². The molecule has 0 bridgehead atoms. The zero-order valence-corrected chi connectivity index (χ0v) is 11.2. The van der Waals surface area contributed by atoms with Crippen LogP contribution in [0.3, 0.4) is 0 Å². The Hall–Kier alpha value is -3.09. The predicted octanol–water partition coefficient (Wildman–Crippen LogP) is 3.55. The van der Waals surface area contributed by atoms with Gasteiger partial charge in [0.05, 0.1) is 11.5 Å². The van der Waals surface area contributed by atoms with Crippen LogP contribution in [-0.4, -0.2) is 17.5 Å². The third-order valence-corrected chi connectivity index (χ3v) is 3.59. The number of nitroso groups, excluding NO2 is 2. The molecule has 0 saturated carbocycles. The van der Waals surface area contributed by atoms with Crippen LogP contribution in [0.1, 0.15) is 21.8 Å². The molecule has 7 nitrogen and oxygen atoms in total. The molecule has 110 valence electrons. The molecule has 0 radical (unpaired) electrons. The Labute approximate surface area is 124 Å². The van der Waals surface area contributed by atoms with Crippen molar-refractivity contribution in [2.24, 2.45) is 10.4 Å². The second-order valence-corrected chi connectivity index (χ2v) is 4.81. The number of phenols is 1. The summed E-state index contributed by atoms with van der Waals surface area (Å²) in [5, 5.41) is 15.3. The summed E-state index contributed by atoms with van der Waals surface area (Å²) in [5.74, 6) is -1.24. The van der Waals surface area contributed by atoms with E-state index in [1.807, 2.05) is 0 Å². The monoisotopic (exact) mass is 298 g/mol. The van der Waals surface area contributed by atoms with E-state index >= 15 is 0 Å². The Balaban J connectivity index is 1.99. The molecule has 7 heteroatoms. The maximum Gasteiger partial charge on any atom is 0.188 e. The molecule has 2 aromatic rings. The first kappa shape index (κ1) is 13.9. The first-order valence-electron chi connectivity index (χ1n) is 6.45. The van der Waals surface area contributed by atoms with Gasteiger partial charge < -0.3 is 9.84 Å². The molecule has 2 aromatic carbocycles. The first-order valence-corrected chi connectivity index (χ1v) is 6.45. The summed E-state index contributed by atoms with van der Waals surface area (Å²) in [6.07, 6.45) is 0. The van der Waals surface area contributed by atoms with Crippen molar-refractivity contribution in [1.29, 1.82) is 0 Å². The second-order valence-electron chi connectivity index (χ2n) is 4.81. The van der Waals surface area contributed by atoms with E-state index in [0.717, 1.165) is 0 Å². The predicted molar refractivity (Wildman–Crippen MR) is 78.0 cm³/mol. The Morgan fingerprint density at radius 1 is 1.05 bits per heavy atom. The number of hydrogen-bond donors (Lipinski definition) is 1. The Morgan fingerprint density at radius 3 is 2.41 bits per heavy atom. The van der Waals surface area contributed by atoms with Crippen LogP contribution >= 0.6 is 0 Å². The zero-order valence-electron chi connectivity index (χ0n) is 11.2. The molecule has 1 aliphatic rings. The molecular formula is C15H10N2O5. The van der Waals surface area contributed by atoms with Gasteiger partial charge in [-0.15, -0.1) is 9.81 Å². The van der Waals surface area contributed by atoms with Gasteiger partial charge in [0.1, 0.15) is 12.3 Å². The maximum atomic E-state index is 12.5. The number of hydrogen-bond acceptors (Lipinski definition) is 7. The van der Waals surface area contributed by atoms with E-state index in [2.05, 4.69) is 10.4 Å². The number of fused-ring (bicyclic) bond motifs is 1. The molecule has 1 heterocycles. The Bertz CT molecular complexity index is 770. The normalized spacial score (nSPS) is 16.5. The molecule has 0 amide bonds. The fraction of sp³-hybridized carbons (Fsp3) is 0.133. The van der Waals surface area contributed by atoms with E-state index in [0.29, 0.717) is 5.56 Å². The van der Waals surface area contributed by atoms with Crippen molar-refractivity contribution < 1.29 is 14.6 Å². The number of rotatable bonds is 3. The van der Waals surface area contributed by atoms with Crippen LogP contribution in [0.5, 0.6) is 11.5 Å². The molecule has 0 spiro atoms. The van der Waals surface area contributed by atoms with Gasteiger partial charge in [-0.05, 0) is 40.2 Å². The second kappa shape index (κ2) is 5.36. The van der Waals surface area contributed by atoms with E-state index in [1.165, 1.54) is 24.3 Å². The van der Waals surface area contributed by atoms with Crippen molar-refractivity contribution in [3.8, 4) is 11.5 Å². The average molecular weight is 298 g/mol. The molecule has 1 N–H and O–H groups in total. The lowest BCUT2D eigenvalue weighted by Crippen LogP contribution is -2.26. The lowest BCUT2D eigenvalue weighted by molar-refractivity contribution is 0.0893. The van der Waals surface area contributed by atoms with Gasteiger partial charge in [0, 0.05) is 0 Å². The quantitative estimate of drug-likeness (QED) is 0.872. The minimum Gasteiger partial charge on any atom is -0.503 e. The highest BCUT2D eigenvalue weighted by Gasteiger charge is 2.32. The van der Waals surface area contributed by atoms with Gasteiger partial charge in [-0.1, -0.05) is 12.1 Å². The van der Waals surface area contributed by atoms with E-state index < -0.39 is 11.7 Å². The third-order valence-electron chi connectivity index (χ3n) is 3.59. The molecule has 1 aliphatic heterocycles. The number of Topliss-reactive ketones (excluding diaryl/α,β-unsaturated/α-hetero) is 1. The fourth-order valence-electron chi connectivity index (χ4n) is 2.42. The van der Waals surface area contributed by atoms with Crippen molar-refractivity contribution in [3.05, 3.63) is 57.3 Å². The minimum atomic E-state index is -0.553. The van der Waals surface area contributed by atoms with Crippen molar-refractivity contribution in [2.45, 2.75) is 5.92 Å². The van der Waals surface area contributed by atoms with E-state index in [4.69, 9.17) is 4.74 Å². The number of benzene rings is 2. The van der Waals surface area contributed by atoms with Crippen LogP contribution in [0.4, 0.5) is 11.4 Å². The number of nitrogens with zero attached hydrogens (tertiary/aromatic N) is 2. The first-order chi connectivity index (χ1) is 10.7. The van der Waals surface area contributed by atoms with Gasteiger partial charge in [-0.2, -0.15) is 0 Å². The molecule has 22 heavy (non-hydrogen) atoms. The third kappa shape index (κ3) is 2.12. The van der Waals surface area contributed by atoms with Crippen LogP contribution in [-0.2, 0) is 0 Å². The number of phenolic OH excluding ortho intramolecular Hbond substituents is 1. The molecule has 0 unspecified atom stereocenters. The summed E-state index contributed by atoms with van der Waals surface area (Å²) < 4.78 is 5.44. The fourth-order valence-corrected chi connectivity index (χ4v) is 2.42. The van der Waals surface area contributed by atoms with Gasteiger partial charge in [0.2, 0.25) is 0 Å². The van der Waals surface area contributed by atoms with Crippen LogP contribution in [0.25, 0.3) is 0 Å². The lowest BCUT2D eigenvalue weighted by Gasteiger charge is -2.25. The minimum absolute atomic E-state index is 0.0234. The maximum absolute atomic E-state index is 12.5. The zero-order chi connectivity index (χ0) is 15.7. The van der Waals surface area contributed by atoms with Crippen molar-refractivity contribution >= 4 is 17.2 Å². The number of ether oxygens (including phenoxy) is 1. The number of ketones is 1. The molecular weight excluding hydrogens is 288 g/mol. The molecule has 0 aliphatic carbocycles. The van der Waals surface area contributed by atoms with Crippen LogP contribution in [0.15, 0.2) is 46.8 Å². The highest BCUT2D eigenvalue weighted by Crippen LogP contribution is 2.43. The molecule has 0 fully saturated rings. The van der Waals surface area contributed by atoms with Gasteiger partial charge in [-0.25, -0.2) is 0 Å². The summed E-state index contributed by atoms with van der Waals surface area (Å²) in [4.78, 5) is 33.5. The SMILES string of the molecule is O=Nc1ccc([C@@H]2COc3c(ccc(N=O)c3O)C2=O)cc1. The summed E-state index contributed by atoms with van der Waals surface area (Å²) in [7, 11) is 0. The smallest absolute Gasteiger partial charge is 0.188 e. The van der Waals surface area contributed by atoms with E-state index in [9.17, 15) is 19.7 Å². The topological polar surface area (TPSA) is 105 Å². The van der Waals surface area contributed by atoms with E-state index in [-0.39, 0.29) is 35.1 Å². The summed E-state index contributed by atoms with van der Waals surface area (Å²) in [6.45, 7) is 0.0234. The average Bonchev–Trinajstić information content (AvgIpc) is 2.56. The lowest BCUT2D eigenvalue weighted by atomic mass is 9.88. The van der Waals surface area contributed by atoms with Crippen molar-refractivity contribution in [3.63, 3.8) is 0 Å². The van der Waals surface area contributed by atoms with Crippen LogP contribution < -0.4 is 4.74 Å². The Kier molecular flexibility index (Phi) is 3.38. The summed E-state index contributed by atoms with van der Waals surface area (Å²) in [6, 6.07) is 8.97. The molecule has 3 rings (SSSR count). The van der Waals surface area contributed by atoms with Crippen molar-refractivity contribution in [2.75, 3.05) is 6.61 Å². The number of carbonyl (C=O) groups is 1. The largest absolute Gasteiger partial charge is 0.503 e.